The van der Waals surface area contributed by atoms with E-state index in [1.54, 1.807) is 0 Å². The molecule has 0 spiro atoms. The van der Waals surface area contributed by atoms with Gasteiger partial charge in [-0.05, 0) is 24.1 Å². The summed E-state index contributed by atoms with van der Waals surface area (Å²) in [5.41, 5.74) is 2.17. The maximum Gasteiger partial charge on any atom is 0.110 e. The lowest BCUT2D eigenvalue weighted by Crippen LogP contribution is -2.33. The van der Waals surface area contributed by atoms with Crippen LogP contribution in [0.4, 0.5) is 0 Å². The highest BCUT2D eigenvalue weighted by Gasteiger charge is 2.30. The van der Waals surface area contributed by atoms with Gasteiger partial charge in [0.05, 0.1) is 0 Å². The van der Waals surface area contributed by atoms with E-state index in [1.165, 1.54) is 11.1 Å². The van der Waals surface area contributed by atoms with Crippen molar-refractivity contribution >= 4 is 0 Å². The van der Waals surface area contributed by atoms with Gasteiger partial charge in [-0.3, -0.25) is 4.68 Å². The van der Waals surface area contributed by atoms with Gasteiger partial charge in [0, 0.05) is 12.4 Å². The zero-order valence-electron chi connectivity index (χ0n) is 10.9. The van der Waals surface area contributed by atoms with Gasteiger partial charge in [-0.25, -0.2) is 0 Å². The number of nitrogens with zero attached hydrogens (tertiary/aromatic N) is 2. The van der Waals surface area contributed by atoms with Crippen LogP contribution in [-0.2, 0) is 5.54 Å². The summed E-state index contributed by atoms with van der Waals surface area (Å²) in [6.07, 6.45) is 3.84. The van der Waals surface area contributed by atoms with Gasteiger partial charge in [0.2, 0.25) is 0 Å². The molecule has 0 bridgehead atoms. The van der Waals surface area contributed by atoms with Gasteiger partial charge in [0.25, 0.3) is 0 Å². The first-order valence-electron chi connectivity index (χ1n) is 6.43. The molecule has 0 aliphatic rings. The van der Waals surface area contributed by atoms with Crippen molar-refractivity contribution in [3.05, 3.63) is 90.3 Å². The maximum atomic E-state index is 4.46. The normalized spacial score (nSPS) is 11.4. The monoisotopic (exact) mass is 248 g/mol. The average Bonchev–Trinajstić information content (AvgIpc) is 3.03. The van der Waals surface area contributed by atoms with E-state index in [2.05, 4.69) is 60.6 Å². The molecule has 1 aromatic heterocycles. The molecule has 0 aliphatic carbocycles. The Balaban J connectivity index is 2.23. The highest BCUT2D eigenvalue weighted by molar-refractivity contribution is 5.38. The molecule has 19 heavy (non-hydrogen) atoms. The second-order valence-electron chi connectivity index (χ2n) is 4.75. The fourth-order valence-electron chi connectivity index (χ4n) is 2.49. The molecule has 0 amide bonds. The van der Waals surface area contributed by atoms with Crippen LogP contribution in [0, 0.1) is 0 Å². The van der Waals surface area contributed by atoms with Crippen LogP contribution < -0.4 is 0 Å². The minimum atomic E-state index is -0.286. The number of benzene rings is 2. The fourth-order valence-corrected chi connectivity index (χ4v) is 2.49. The van der Waals surface area contributed by atoms with Gasteiger partial charge in [-0.2, -0.15) is 5.10 Å². The predicted molar refractivity (Wildman–Crippen MR) is 77.0 cm³/mol. The summed E-state index contributed by atoms with van der Waals surface area (Å²) >= 11 is 0. The summed E-state index contributed by atoms with van der Waals surface area (Å²) in [4.78, 5) is 0. The molecular weight excluding hydrogens is 232 g/mol. The molecular formula is C17H16N2. The van der Waals surface area contributed by atoms with E-state index in [9.17, 15) is 0 Å². The number of aromatic nitrogens is 2. The molecule has 2 nitrogen and oxygen atoms in total. The summed E-state index contributed by atoms with van der Waals surface area (Å²) in [6.45, 7) is 2.20. The molecule has 0 unspecified atom stereocenters. The van der Waals surface area contributed by atoms with E-state index in [0.717, 1.165) is 0 Å². The first-order chi connectivity index (χ1) is 9.32. The summed E-state index contributed by atoms with van der Waals surface area (Å²) in [5, 5.41) is 4.46. The summed E-state index contributed by atoms with van der Waals surface area (Å²) < 4.78 is 2.01. The van der Waals surface area contributed by atoms with E-state index in [-0.39, 0.29) is 5.54 Å². The minimum Gasteiger partial charge on any atom is -0.258 e. The zero-order valence-corrected chi connectivity index (χ0v) is 10.9. The Morgan fingerprint density at radius 3 is 1.74 bits per heavy atom. The first kappa shape index (κ1) is 11.7. The average molecular weight is 248 g/mol. The van der Waals surface area contributed by atoms with Gasteiger partial charge in [0.15, 0.2) is 0 Å². The van der Waals surface area contributed by atoms with Crippen molar-refractivity contribution in [2.45, 2.75) is 12.5 Å². The second kappa shape index (κ2) is 4.73. The van der Waals surface area contributed by atoms with Gasteiger partial charge in [-0.15, -0.1) is 0 Å². The third-order valence-electron chi connectivity index (χ3n) is 3.63. The third-order valence-corrected chi connectivity index (χ3v) is 3.63. The van der Waals surface area contributed by atoms with Crippen LogP contribution >= 0.6 is 0 Å². The van der Waals surface area contributed by atoms with Crippen molar-refractivity contribution in [2.75, 3.05) is 0 Å². The van der Waals surface area contributed by atoms with Crippen molar-refractivity contribution < 1.29 is 0 Å². The van der Waals surface area contributed by atoms with Crippen LogP contribution in [0.2, 0.25) is 0 Å². The topological polar surface area (TPSA) is 17.8 Å². The Morgan fingerprint density at radius 2 is 1.32 bits per heavy atom. The number of hydrogen-bond acceptors (Lipinski definition) is 1. The van der Waals surface area contributed by atoms with Crippen LogP contribution in [-0.4, -0.2) is 9.78 Å². The Hall–Kier alpha value is -2.35. The standard InChI is InChI=1S/C17H16N2/c1-17(19-14-8-13-18-19,15-9-4-2-5-10-15)16-11-6-3-7-12-16/h2-14H,1H3. The molecule has 3 aromatic rings. The molecule has 0 saturated heterocycles. The highest BCUT2D eigenvalue weighted by Crippen LogP contribution is 2.32. The van der Waals surface area contributed by atoms with Crippen LogP contribution in [0.25, 0.3) is 0 Å². The minimum absolute atomic E-state index is 0.286. The molecule has 0 N–H and O–H groups in total. The Kier molecular flexibility index (Phi) is 2.92. The first-order valence-corrected chi connectivity index (χ1v) is 6.43. The smallest absolute Gasteiger partial charge is 0.110 e. The molecule has 0 radical (unpaired) electrons. The lowest BCUT2D eigenvalue weighted by atomic mass is 9.85. The van der Waals surface area contributed by atoms with Gasteiger partial charge < -0.3 is 0 Å². The molecule has 3 rings (SSSR count). The fraction of sp³-hybridized carbons (Fsp3) is 0.118. The van der Waals surface area contributed by atoms with Crippen LogP contribution in [0.3, 0.4) is 0 Å². The van der Waals surface area contributed by atoms with E-state index in [1.807, 2.05) is 35.3 Å². The van der Waals surface area contributed by atoms with Crippen molar-refractivity contribution in [1.82, 2.24) is 9.78 Å². The van der Waals surface area contributed by atoms with Crippen molar-refractivity contribution in [3.63, 3.8) is 0 Å². The lowest BCUT2D eigenvalue weighted by molar-refractivity contribution is 0.425. The third kappa shape index (κ3) is 1.95. The van der Waals surface area contributed by atoms with E-state index in [4.69, 9.17) is 0 Å². The highest BCUT2D eigenvalue weighted by atomic mass is 15.3. The molecule has 94 valence electrons. The predicted octanol–water partition coefficient (Wildman–Crippen LogP) is 3.69. The Bertz CT molecular complexity index is 588. The maximum absolute atomic E-state index is 4.46. The molecule has 1 heterocycles. The quantitative estimate of drug-likeness (QED) is 0.691. The molecule has 0 fully saturated rings. The van der Waals surface area contributed by atoms with Crippen LogP contribution in [0.1, 0.15) is 18.1 Å². The summed E-state index contributed by atoms with van der Waals surface area (Å²) in [6, 6.07) is 22.9. The van der Waals surface area contributed by atoms with E-state index < -0.39 is 0 Å². The van der Waals surface area contributed by atoms with Crippen molar-refractivity contribution in [3.8, 4) is 0 Å². The molecule has 2 aromatic carbocycles. The summed E-state index contributed by atoms with van der Waals surface area (Å²) in [5.74, 6) is 0. The van der Waals surface area contributed by atoms with Crippen molar-refractivity contribution in [1.29, 1.82) is 0 Å². The van der Waals surface area contributed by atoms with Gasteiger partial charge in [-0.1, -0.05) is 60.7 Å². The van der Waals surface area contributed by atoms with Crippen LogP contribution in [0.15, 0.2) is 79.1 Å². The van der Waals surface area contributed by atoms with Crippen molar-refractivity contribution in [2.24, 2.45) is 0 Å². The van der Waals surface area contributed by atoms with E-state index in [0.29, 0.717) is 0 Å². The number of hydrogen-bond donors (Lipinski definition) is 0. The van der Waals surface area contributed by atoms with Gasteiger partial charge in [0.1, 0.15) is 5.54 Å². The molecule has 0 aliphatic heterocycles. The van der Waals surface area contributed by atoms with E-state index >= 15 is 0 Å². The lowest BCUT2D eigenvalue weighted by Gasteiger charge is -2.31. The largest absolute Gasteiger partial charge is 0.258 e. The SMILES string of the molecule is CC(c1ccccc1)(c1ccccc1)n1cccn1. The van der Waals surface area contributed by atoms with Gasteiger partial charge >= 0.3 is 0 Å². The summed E-state index contributed by atoms with van der Waals surface area (Å²) in [7, 11) is 0. The van der Waals surface area contributed by atoms with Crippen LogP contribution in [0.5, 0.6) is 0 Å². The molecule has 0 atom stereocenters. The molecule has 2 heteroatoms. The Morgan fingerprint density at radius 1 is 0.789 bits per heavy atom. The molecule has 0 saturated carbocycles. The second-order valence-corrected chi connectivity index (χ2v) is 4.75. The Labute approximate surface area is 113 Å². The number of rotatable bonds is 3. The zero-order chi connectivity index (χ0) is 13.1.